The highest BCUT2D eigenvalue weighted by Gasteiger charge is 2.34. The van der Waals surface area contributed by atoms with Crippen molar-refractivity contribution in [2.45, 2.75) is 60.0 Å². The van der Waals surface area contributed by atoms with Crippen LogP contribution in [0, 0.1) is 17.3 Å². The van der Waals surface area contributed by atoms with E-state index in [2.05, 4.69) is 33.8 Å². The molecule has 88 valence electrons. The maximum Gasteiger partial charge on any atom is 0.0537 e. The molecule has 0 fully saturated rings. The molecule has 0 aromatic heterocycles. The Bertz CT molecular complexity index is 238. The third-order valence-electron chi connectivity index (χ3n) is 4.54. The number of aliphatic hydroxyl groups is 1. The first-order valence-electron chi connectivity index (χ1n) is 6.21. The van der Waals surface area contributed by atoms with Crippen molar-refractivity contribution < 1.29 is 5.11 Å². The number of hydrogen-bond donors (Lipinski definition) is 1. The van der Waals surface area contributed by atoms with E-state index >= 15 is 0 Å². The van der Waals surface area contributed by atoms with E-state index < -0.39 is 0 Å². The van der Waals surface area contributed by atoms with Crippen molar-refractivity contribution in [3.63, 3.8) is 0 Å². The van der Waals surface area contributed by atoms with Gasteiger partial charge in [-0.2, -0.15) is 0 Å². The lowest BCUT2D eigenvalue weighted by molar-refractivity contribution is 0.120. The van der Waals surface area contributed by atoms with Gasteiger partial charge in [0.15, 0.2) is 0 Å². The Morgan fingerprint density at radius 1 is 1.47 bits per heavy atom. The van der Waals surface area contributed by atoms with Crippen molar-refractivity contribution >= 4 is 0 Å². The summed E-state index contributed by atoms with van der Waals surface area (Å²) in [5.74, 6) is 1.21. The zero-order valence-corrected chi connectivity index (χ0v) is 10.9. The van der Waals surface area contributed by atoms with Gasteiger partial charge in [0.05, 0.1) is 6.10 Å². The molecule has 0 saturated heterocycles. The molecule has 15 heavy (non-hydrogen) atoms. The molecule has 0 radical (unpaired) electrons. The summed E-state index contributed by atoms with van der Waals surface area (Å²) in [5.41, 5.74) is 1.91. The largest absolute Gasteiger partial charge is 0.393 e. The van der Waals surface area contributed by atoms with Crippen LogP contribution in [-0.4, -0.2) is 11.2 Å². The van der Waals surface area contributed by atoms with Crippen LogP contribution in [0.5, 0.6) is 0 Å². The van der Waals surface area contributed by atoms with Crippen LogP contribution in [0.2, 0.25) is 0 Å². The first kappa shape index (κ1) is 12.8. The van der Waals surface area contributed by atoms with E-state index in [0.717, 1.165) is 12.3 Å². The fraction of sp³-hybridized carbons (Fsp3) is 0.857. The minimum absolute atomic E-state index is 0.163. The van der Waals surface area contributed by atoms with Gasteiger partial charge in [0.2, 0.25) is 0 Å². The summed E-state index contributed by atoms with van der Waals surface area (Å²) in [5, 5.41) is 9.46. The van der Waals surface area contributed by atoms with Gasteiger partial charge < -0.3 is 5.11 Å². The first-order chi connectivity index (χ1) is 6.85. The van der Waals surface area contributed by atoms with Gasteiger partial charge in [0.1, 0.15) is 0 Å². The molecule has 0 amide bonds. The molecule has 0 saturated carbocycles. The average Bonchev–Trinajstić information content (AvgIpc) is 2.39. The van der Waals surface area contributed by atoms with Gasteiger partial charge >= 0.3 is 0 Å². The van der Waals surface area contributed by atoms with Crippen molar-refractivity contribution in [2.75, 3.05) is 0 Å². The minimum Gasteiger partial charge on any atom is -0.393 e. The van der Waals surface area contributed by atoms with Crippen LogP contribution >= 0.6 is 0 Å². The Labute approximate surface area is 94.6 Å². The second kappa shape index (κ2) is 4.69. The maximum atomic E-state index is 9.46. The lowest BCUT2D eigenvalue weighted by Gasteiger charge is -2.30. The molecule has 0 aromatic rings. The minimum atomic E-state index is -0.163. The van der Waals surface area contributed by atoms with Gasteiger partial charge in [-0.1, -0.05) is 32.4 Å². The summed E-state index contributed by atoms with van der Waals surface area (Å²) in [6.07, 6.45) is 5.84. The van der Waals surface area contributed by atoms with Crippen LogP contribution in [0.4, 0.5) is 0 Å². The molecule has 0 bridgehead atoms. The highest BCUT2D eigenvalue weighted by Crippen LogP contribution is 2.45. The predicted molar refractivity (Wildman–Crippen MR) is 65.7 cm³/mol. The Balaban J connectivity index is 2.42. The fourth-order valence-corrected chi connectivity index (χ4v) is 2.38. The lowest BCUT2D eigenvalue weighted by atomic mass is 9.74. The number of rotatable bonds is 4. The molecule has 1 heteroatoms. The van der Waals surface area contributed by atoms with Crippen LogP contribution in [-0.2, 0) is 0 Å². The second-order valence-electron chi connectivity index (χ2n) is 5.84. The smallest absolute Gasteiger partial charge is 0.0537 e. The van der Waals surface area contributed by atoms with Crippen molar-refractivity contribution in [1.82, 2.24) is 0 Å². The van der Waals surface area contributed by atoms with E-state index in [9.17, 15) is 5.11 Å². The predicted octanol–water partition coefficient (Wildman–Crippen LogP) is 3.78. The summed E-state index contributed by atoms with van der Waals surface area (Å²) >= 11 is 0. The van der Waals surface area contributed by atoms with Gasteiger partial charge in [0, 0.05) is 0 Å². The molecule has 1 N–H and O–H groups in total. The monoisotopic (exact) mass is 210 g/mol. The van der Waals surface area contributed by atoms with Gasteiger partial charge in [-0.05, 0) is 50.4 Å². The summed E-state index contributed by atoms with van der Waals surface area (Å²) in [6.45, 7) is 11.0. The Hall–Kier alpha value is -0.300. The van der Waals surface area contributed by atoms with Gasteiger partial charge in [-0.3, -0.25) is 0 Å². The van der Waals surface area contributed by atoms with Crippen LogP contribution < -0.4 is 0 Å². The number of allylic oxidation sites excluding steroid dienone is 2. The van der Waals surface area contributed by atoms with Crippen LogP contribution in [0.25, 0.3) is 0 Å². The van der Waals surface area contributed by atoms with Gasteiger partial charge in [-0.25, -0.2) is 0 Å². The maximum absolute atomic E-state index is 9.46. The third-order valence-corrected chi connectivity index (χ3v) is 4.54. The molecule has 1 rings (SSSR count). The molecule has 1 aliphatic rings. The van der Waals surface area contributed by atoms with Gasteiger partial charge in [0.25, 0.3) is 0 Å². The normalized spacial score (nSPS) is 28.7. The van der Waals surface area contributed by atoms with E-state index in [-0.39, 0.29) is 6.10 Å². The Morgan fingerprint density at radius 3 is 2.47 bits per heavy atom. The Morgan fingerprint density at radius 2 is 2.07 bits per heavy atom. The van der Waals surface area contributed by atoms with Crippen molar-refractivity contribution in [1.29, 1.82) is 0 Å². The SMILES string of the molecule is CC1=CC[C@H](CC[C@@H](C)[C@@H](C)O)C1(C)C. The quantitative estimate of drug-likeness (QED) is 0.700. The highest BCUT2D eigenvalue weighted by atomic mass is 16.3. The molecule has 3 atom stereocenters. The molecule has 0 aliphatic heterocycles. The fourth-order valence-electron chi connectivity index (χ4n) is 2.38. The summed E-state index contributed by atoms with van der Waals surface area (Å²) in [4.78, 5) is 0. The molecule has 0 heterocycles. The standard InChI is InChI=1S/C14H26O/c1-10(12(3)15)6-8-13-9-7-11(2)14(13,4)5/h7,10,12-13,15H,6,8-9H2,1-5H3/t10-,12-,13+/m1/s1. The molecule has 0 unspecified atom stereocenters. The number of aliphatic hydroxyl groups excluding tert-OH is 1. The molecule has 0 aromatic carbocycles. The molecular formula is C14H26O. The molecule has 1 aliphatic carbocycles. The number of hydrogen-bond acceptors (Lipinski definition) is 1. The molecule has 1 nitrogen and oxygen atoms in total. The lowest BCUT2D eigenvalue weighted by Crippen LogP contribution is -2.22. The van der Waals surface area contributed by atoms with E-state index in [1.807, 2.05) is 6.92 Å². The summed E-state index contributed by atoms with van der Waals surface area (Å²) < 4.78 is 0. The highest BCUT2D eigenvalue weighted by molar-refractivity contribution is 5.18. The van der Waals surface area contributed by atoms with Crippen molar-refractivity contribution in [3.8, 4) is 0 Å². The third kappa shape index (κ3) is 2.84. The zero-order valence-electron chi connectivity index (χ0n) is 10.9. The van der Waals surface area contributed by atoms with E-state index in [4.69, 9.17) is 0 Å². The topological polar surface area (TPSA) is 20.2 Å². The summed E-state index contributed by atoms with van der Waals surface area (Å²) in [7, 11) is 0. The molecule has 0 spiro atoms. The van der Waals surface area contributed by atoms with E-state index in [1.165, 1.54) is 18.4 Å². The van der Waals surface area contributed by atoms with Gasteiger partial charge in [-0.15, -0.1) is 0 Å². The summed E-state index contributed by atoms with van der Waals surface area (Å²) in [6, 6.07) is 0. The van der Waals surface area contributed by atoms with E-state index in [0.29, 0.717) is 11.3 Å². The molecular weight excluding hydrogens is 184 g/mol. The Kier molecular flexibility index (Phi) is 3.99. The van der Waals surface area contributed by atoms with Crippen LogP contribution in [0.15, 0.2) is 11.6 Å². The average molecular weight is 210 g/mol. The van der Waals surface area contributed by atoms with Crippen LogP contribution in [0.1, 0.15) is 53.9 Å². The van der Waals surface area contributed by atoms with Crippen molar-refractivity contribution in [2.24, 2.45) is 17.3 Å². The van der Waals surface area contributed by atoms with Crippen molar-refractivity contribution in [3.05, 3.63) is 11.6 Å². The zero-order chi connectivity index (χ0) is 11.6. The van der Waals surface area contributed by atoms with E-state index in [1.54, 1.807) is 0 Å². The first-order valence-corrected chi connectivity index (χ1v) is 6.21. The van der Waals surface area contributed by atoms with Crippen LogP contribution in [0.3, 0.4) is 0 Å². The second-order valence-corrected chi connectivity index (χ2v) is 5.84.